The summed E-state index contributed by atoms with van der Waals surface area (Å²) in [5, 5.41) is 2.56. The molecule has 0 saturated heterocycles. The van der Waals surface area contributed by atoms with Crippen molar-refractivity contribution in [2.24, 2.45) is 0 Å². The third-order valence-corrected chi connectivity index (χ3v) is 13.5. The fourth-order valence-electron chi connectivity index (χ4n) is 6.46. The lowest BCUT2D eigenvalue weighted by atomic mass is 9.92. The Kier molecular flexibility index (Phi) is 7.79. The Labute approximate surface area is 245 Å². The van der Waals surface area contributed by atoms with Crippen LogP contribution in [-0.2, 0) is 10.8 Å². The molecule has 1 aliphatic carbocycles. The number of aromatic nitrogens is 2. The lowest BCUT2D eigenvalue weighted by molar-refractivity contribution is 0.299. The molecule has 0 radical (unpaired) electrons. The number of aromatic amines is 1. The molecule has 3 nitrogen and oxygen atoms in total. The number of rotatable bonds is 8. The number of hydrogen-bond donors (Lipinski definition) is 1. The van der Waals surface area contributed by atoms with E-state index in [1.807, 2.05) is 0 Å². The predicted octanol–water partition coefficient (Wildman–Crippen LogP) is 8.31. The normalized spacial score (nSPS) is 14.3. The SMILES string of the molecule is CC(C)(C)[Si](OCCc1nc2c(-c3ccc(C4=CCCCC4)cc3)cccc2[nH]1)(c1ccccc1)c1ccccc1. The van der Waals surface area contributed by atoms with Crippen molar-refractivity contribution in [2.75, 3.05) is 6.61 Å². The van der Waals surface area contributed by atoms with Gasteiger partial charge in [-0.05, 0) is 63.9 Å². The maximum Gasteiger partial charge on any atom is 0.261 e. The van der Waals surface area contributed by atoms with E-state index in [2.05, 4.69) is 135 Å². The second-order valence-corrected chi connectivity index (χ2v) is 16.5. The molecule has 41 heavy (non-hydrogen) atoms. The summed E-state index contributed by atoms with van der Waals surface area (Å²) < 4.78 is 7.13. The van der Waals surface area contributed by atoms with Gasteiger partial charge < -0.3 is 9.41 Å². The number of hydrogen-bond acceptors (Lipinski definition) is 2. The minimum Gasteiger partial charge on any atom is -0.407 e. The van der Waals surface area contributed by atoms with Crippen molar-refractivity contribution in [3.05, 3.63) is 121 Å². The van der Waals surface area contributed by atoms with Gasteiger partial charge in [-0.2, -0.15) is 0 Å². The summed E-state index contributed by atoms with van der Waals surface area (Å²) in [6.45, 7) is 7.57. The van der Waals surface area contributed by atoms with Gasteiger partial charge in [0.05, 0.1) is 11.0 Å². The summed E-state index contributed by atoms with van der Waals surface area (Å²) >= 11 is 0. The minimum absolute atomic E-state index is 0.0451. The van der Waals surface area contributed by atoms with Crippen molar-refractivity contribution >= 4 is 35.3 Å². The molecule has 0 saturated carbocycles. The molecule has 0 atom stereocenters. The molecule has 5 aromatic rings. The average Bonchev–Trinajstić information content (AvgIpc) is 3.43. The van der Waals surface area contributed by atoms with Crippen LogP contribution in [0.15, 0.2) is 109 Å². The number of allylic oxidation sites excluding steroid dienone is 2. The van der Waals surface area contributed by atoms with Crippen LogP contribution < -0.4 is 10.4 Å². The van der Waals surface area contributed by atoms with Crippen LogP contribution in [-0.4, -0.2) is 24.9 Å². The molecule has 1 aromatic heterocycles. The van der Waals surface area contributed by atoms with E-state index in [9.17, 15) is 0 Å². The fourth-order valence-corrected chi connectivity index (χ4v) is 11.0. The highest BCUT2D eigenvalue weighted by Crippen LogP contribution is 2.37. The van der Waals surface area contributed by atoms with Crippen LogP contribution >= 0.6 is 0 Å². The van der Waals surface area contributed by atoms with Crippen LogP contribution in [0.5, 0.6) is 0 Å². The Morgan fingerprint density at radius 1 is 0.756 bits per heavy atom. The third-order valence-electron chi connectivity index (χ3n) is 8.49. The first-order valence-electron chi connectivity index (χ1n) is 15.0. The Balaban J connectivity index is 1.27. The van der Waals surface area contributed by atoms with Gasteiger partial charge in [0.15, 0.2) is 0 Å². The van der Waals surface area contributed by atoms with Crippen molar-refractivity contribution < 1.29 is 4.43 Å². The molecule has 208 valence electrons. The van der Waals surface area contributed by atoms with Crippen molar-refractivity contribution in [3.8, 4) is 11.1 Å². The predicted molar refractivity (Wildman–Crippen MR) is 175 cm³/mol. The molecule has 0 unspecified atom stereocenters. The molecule has 4 heteroatoms. The zero-order valence-corrected chi connectivity index (χ0v) is 25.5. The van der Waals surface area contributed by atoms with Gasteiger partial charge in [0.1, 0.15) is 5.82 Å². The first-order valence-corrected chi connectivity index (χ1v) is 16.9. The molecule has 0 fully saturated rings. The molecule has 0 amide bonds. The monoisotopic (exact) mass is 556 g/mol. The topological polar surface area (TPSA) is 37.9 Å². The van der Waals surface area contributed by atoms with Crippen LogP contribution in [0.2, 0.25) is 5.04 Å². The first kappa shape index (κ1) is 27.4. The van der Waals surface area contributed by atoms with E-state index in [1.54, 1.807) is 0 Å². The number of H-pyrrole nitrogens is 1. The highest BCUT2D eigenvalue weighted by atomic mass is 28.4. The van der Waals surface area contributed by atoms with Crippen LogP contribution in [0.3, 0.4) is 0 Å². The average molecular weight is 557 g/mol. The van der Waals surface area contributed by atoms with Crippen molar-refractivity contribution in [3.63, 3.8) is 0 Å². The third kappa shape index (κ3) is 5.47. The number of nitrogens with one attached hydrogen (secondary N) is 1. The Bertz CT molecular complexity index is 1590. The molecular formula is C37H40N2OSi. The van der Waals surface area contributed by atoms with Crippen LogP contribution in [0, 0.1) is 0 Å². The molecular weight excluding hydrogens is 517 g/mol. The minimum atomic E-state index is -2.57. The van der Waals surface area contributed by atoms with Gasteiger partial charge in [0, 0.05) is 18.6 Å². The van der Waals surface area contributed by atoms with E-state index in [4.69, 9.17) is 9.41 Å². The Morgan fingerprint density at radius 3 is 2.02 bits per heavy atom. The highest BCUT2D eigenvalue weighted by molar-refractivity contribution is 6.99. The Hall–Kier alpha value is -3.73. The van der Waals surface area contributed by atoms with Crippen molar-refractivity contribution in [2.45, 2.75) is 57.9 Å². The molecule has 0 bridgehead atoms. The fraction of sp³-hybridized carbons (Fsp3) is 0.270. The summed E-state index contributed by atoms with van der Waals surface area (Å²) in [7, 11) is -2.57. The van der Waals surface area contributed by atoms with E-state index < -0.39 is 8.32 Å². The maximum absolute atomic E-state index is 7.13. The molecule has 1 heterocycles. The Morgan fingerprint density at radius 2 is 1.41 bits per heavy atom. The van der Waals surface area contributed by atoms with Crippen molar-refractivity contribution in [1.82, 2.24) is 9.97 Å². The zero-order chi connectivity index (χ0) is 28.3. The van der Waals surface area contributed by atoms with Gasteiger partial charge in [-0.15, -0.1) is 0 Å². The number of benzene rings is 4. The lowest BCUT2D eigenvalue weighted by Gasteiger charge is -2.43. The highest BCUT2D eigenvalue weighted by Gasteiger charge is 2.50. The zero-order valence-electron chi connectivity index (χ0n) is 24.5. The van der Waals surface area contributed by atoms with Gasteiger partial charge in [0.25, 0.3) is 8.32 Å². The number of imidazole rings is 1. The summed E-state index contributed by atoms with van der Waals surface area (Å²) in [5.74, 6) is 0.967. The van der Waals surface area contributed by atoms with Gasteiger partial charge in [-0.1, -0.05) is 124 Å². The first-order chi connectivity index (χ1) is 20.0. The molecule has 0 aliphatic heterocycles. The molecule has 0 spiro atoms. The quantitative estimate of drug-likeness (QED) is 0.195. The van der Waals surface area contributed by atoms with Crippen LogP contribution in [0.4, 0.5) is 0 Å². The number of nitrogens with zero attached hydrogens (tertiary/aromatic N) is 1. The van der Waals surface area contributed by atoms with E-state index in [1.165, 1.54) is 58.3 Å². The summed E-state index contributed by atoms with van der Waals surface area (Å²) in [5.41, 5.74) is 7.31. The van der Waals surface area contributed by atoms with E-state index in [0.717, 1.165) is 23.3 Å². The van der Waals surface area contributed by atoms with Crippen LogP contribution in [0.1, 0.15) is 57.8 Å². The second-order valence-electron chi connectivity index (χ2n) is 12.2. The van der Waals surface area contributed by atoms with Gasteiger partial charge in [-0.25, -0.2) is 4.98 Å². The summed E-state index contributed by atoms with van der Waals surface area (Å²) in [4.78, 5) is 8.69. The largest absolute Gasteiger partial charge is 0.407 e. The van der Waals surface area contributed by atoms with Crippen LogP contribution in [0.25, 0.3) is 27.7 Å². The molecule has 4 aromatic carbocycles. The maximum atomic E-state index is 7.13. The summed E-state index contributed by atoms with van der Waals surface area (Å²) in [6.07, 6.45) is 8.14. The van der Waals surface area contributed by atoms with Crippen molar-refractivity contribution in [1.29, 1.82) is 0 Å². The number of fused-ring (bicyclic) bond motifs is 1. The molecule has 6 rings (SSSR count). The van der Waals surface area contributed by atoms with Gasteiger partial charge >= 0.3 is 0 Å². The molecule has 1 aliphatic rings. The summed E-state index contributed by atoms with van der Waals surface area (Å²) in [6, 6.07) is 37.2. The standard InChI is InChI=1S/C37H40N2OSi/c1-37(2,3)41(31-16-9-5-10-17-31,32-18-11-6-12-19-32)40-27-26-35-38-34-21-13-20-33(36(34)39-35)30-24-22-29(23-25-30)28-14-7-4-8-15-28/h5-6,9-14,16-25H,4,7-8,15,26-27H2,1-3H3,(H,38,39). The number of para-hydroxylation sites is 1. The van der Waals surface area contributed by atoms with Gasteiger partial charge in [0.2, 0.25) is 0 Å². The lowest BCUT2D eigenvalue weighted by Crippen LogP contribution is -2.66. The second kappa shape index (κ2) is 11.6. The van der Waals surface area contributed by atoms with E-state index in [0.29, 0.717) is 6.61 Å². The van der Waals surface area contributed by atoms with E-state index in [-0.39, 0.29) is 5.04 Å². The van der Waals surface area contributed by atoms with Gasteiger partial charge in [-0.3, -0.25) is 0 Å². The molecule has 1 N–H and O–H groups in total. The smallest absolute Gasteiger partial charge is 0.261 e. The van der Waals surface area contributed by atoms with E-state index >= 15 is 0 Å².